The second-order valence-corrected chi connectivity index (χ2v) is 10.8. The van der Waals surface area contributed by atoms with Gasteiger partial charge in [-0.1, -0.05) is 26.3 Å². The van der Waals surface area contributed by atoms with Crippen LogP contribution in [0.3, 0.4) is 0 Å². The lowest BCUT2D eigenvalue weighted by atomic mass is 9.45. The number of aliphatic hydroxyl groups is 2. The Labute approximate surface area is 184 Å². The molecule has 0 amide bonds. The maximum Gasteiger partial charge on any atom is 0.306 e. The van der Waals surface area contributed by atoms with Gasteiger partial charge in [-0.2, -0.15) is 0 Å². The molecule has 0 aromatic rings. The normalized spacial score (nSPS) is 44.0. The second kappa shape index (κ2) is 7.80. The molecule has 6 nitrogen and oxygen atoms in total. The van der Waals surface area contributed by atoms with Gasteiger partial charge in [0, 0.05) is 18.3 Å². The first-order chi connectivity index (χ1) is 14.6. The van der Waals surface area contributed by atoms with Gasteiger partial charge in [0.25, 0.3) is 0 Å². The summed E-state index contributed by atoms with van der Waals surface area (Å²) in [5, 5.41) is 23.0. The molecule has 2 N–H and O–H groups in total. The van der Waals surface area contributed by atoms with Crippen LogP contribution in [0.5, 0.6) is 0 Å². The molecule has 7 unspecified atom stereocenters. The first-order valence-corrected chi connectivity index (χ1v) is 11.9. The summed E-state index contributed by atoms with van der Waals surface area (Å²) in [6.07, 6.45) is 6.46. The number of carbonyl (C=O) groups excluding carboxylic acids is 3. The lowest BCUT2D eigenvalue weighted by Gasteiger charge is -2.60. The van der Waals surface area contributed by atoms with Crippen LogP contribution in [-0.2, 0) is 19.1 Å². The van der Waals surface area contributed by atoms with Gasteiger partial charge >= 0.3 is 5.97 Å². The summed E-state index contributed by atoms with van der Waals surface area (Å²) in [5.41, 5.74) is -1.36. The minimum absolute atomic E-state index is 0.0403. The molecule has 6 heteroatoms. The number of ketones is 2. The zero-order valence-electron chi connectivity index (χ0n) is 19.0. The molecule has 3 fully saturated rings. The predicted molar refractivity (Wildman–Crippen MR) is 114 cm³/mol. The van der Waals surface area contributed by atoms with E-state index in [-0.39, 0.29) is 35.4 Å². The van der Waals surface area contributed by atoms with E-state index in [9.17, 15) is 24.6 Å². The molecule has 0 bridgehead atoms. The standard InChI is InChI=1S/C25H36O6/c1-4-5-21(29)31-14-20(28)25(30)11-9-18-17-7-6-15-12-16(26)8-10-23(15,2)22(17)19(27)13-24(18,25)3/h12,17-19,22,27,30H,4-11,13-14H2,1-3H3. The van der Waals surface area contributed by atoms with Crippen molar-refractivity contribution in [2.24, 2.45) is 28.6 Å². The van der Waals surface area contributed by atoms with Gasteiger partial charge in [0.05, 0.1) is 6.10 Å². The van der Waals surface area contributed by atoms with Crippen LogP contribution in [0.1, 0.15) is 78.6 Å². The first kappa shape index (κ1) is 22.7. The van der Waals surface area contributed by atoms with Crippen molar-refractivity contribution in [2.75, 3.05) is 6.61 Å². The molecule has 3 saturated carbocycles. The van der Waals surface area contributed by atoms with Gasteiger partial charge in [-0.05, 0) is 74.2 Å². The fourth-order valence-electron chi connectivity index (χ4n) is 7.69. The Morgan fingerprint density at radius 3 is 2.65 bits per heavy atom. The molecular formula is C25H36O6. The SMILES string of the molecule is CCCC(=O)OCC(=O)C1(O)CCC2C3CCC4=CC(=O)CCC4(C)C3C(O)CC21C. The monoisotopic (exact) mass is 432 g/mol. The third kappa shape index (κ3) is 3.32. The fraction of sp³-hybridized carbons (Fsp3) is 0.800. The molecule has 0 heterocycles. The van der Waals surface area contributed by atoms with Crippen LogP contribution in [0.4, 0.5) is 0 Å². The Balaban J connectivity index is 1.59. The van der Waals surface area contributed by atoms with Crippen molar-refractivity contribution in [1.82, 2.24) is 0 Å². The predicted octanol–water partition coefficient (Wildman–Crippen LogP) is 3.13. The summed E-state index contributed by atoms with van der Waals surface area (Å²) in [6, 6.07) is 0. The molecule has 31 heavy (non-hydrogen) atoms. The van der Waals surface area contributed by atoms with Crippen LogP contribution in [0.15, 0.2) is 11.6 Å². The van der Waals surface area contributed by atoms with Crippen LogP contribution in [0, 0.1) is 28.6 Å². The number of aliphatic hydroxyl groups excluding tert-OH is 1. The average Bonchev–Trinajstić information content (AvgIpc) is 2.98. The van der Waals surface area contributed by atoms with E-state index in [1.807, 2.05) is 13.8 Å². The molecule has 7 atom stereocenters. The first-order valence-electron chi connectivity index (χ1n) is 11.9. The molecule has 0 aromatic heterocycles. The third-order valence-corrected chi connectivity index (χ3v) is 9.33. The van der Waals surface area contributed by atoms with E-state index in [1.54, 1.807) is 6.08 Å². The smallest absolute Gasteiger partial charge is 0.306 e. The quantitative estimate of drug-likeness (QED) is 0.648. The average molecular weight is 433 g/mol. The Hall–Kier alpha value is -1.53. The highest BCUT2D eigenvalue weighted by molar-refractivity contribution is 5.92. The molecule has 0 spiro atoms. The molecule has 4 aliphatic rings. The van der Waals surface area contributed by atoms with Gasteiger partial charge in [-0.15, -0.1) is 0 Å². The van der Waals surface area contributed by atoms with Crippen LogP contribution in [0.25, 0.3) is 0 Å². The van der Waals surface area contributed by atoms with Gasteiger partial charge in [0.2, 0.25) is 5.78 Å². The molecule has 0 radical (unpaired) electrons. The molecule has 4 aliphatic carbocycles. The van der Waals surface area contributed by atoms with Crippen LogP contribution < -0.4 is 0 Å². The Bertz CT molecular complexity index is 817. The highest BCUT2D eigenvalue weighted by Gasteiger charge is 2.68. The maximum absolute atomic E-state index is 13.1. The van der Waals surface area contributed by atoms with Crippen molar-refractivity contribution in [3.05, 3.63) is 11.6 Å². The summed E-state index contributed by atoms with van der Waals surface area (Å²) >= 11 is 0. The topological polar surface area (TPSA) is 101 Å². The van der Waals surface area contributed by atoms with Gasteiger partial charge in [-0.3, -0.25) is 14.4 Å². The number of Topliss-reactive ketones (excluding diaryl/α,β-unsaturated/α-hetero) is 1. The number of allylic oxidation sites excluding steroid dienone is 1. The molecule has 0 aliphatic heterocycles. The van der Waals surface area contributed by atoms with E-state index in [2.05, 4.69) is 6.92 Å². The molecule has 172 valence electrons. The van der Waals surface area contributed by atoms with Crippen LogP contribution >= 0.6 is 0 Å². The fourth-order valence-corrected chi connectivity index (χ4v) is 7.69. The minimum Gasteiger partial charge on any atom is -0.458 e. The Morgan fingerprint density at radius 2 is 1.94 bits per heavy atom. The lowest BCUT2D eigenvalue weighted by molar-refractivity contribution is -0.184. The third-order valence-electron chi connectivity index (χ3n) is 9.33. The molecule has 0 saturated heterocycles. The molecular weight excluding hydrogens is 396 g/mol. The number of esters is 1. The van der Waals surface area contributed by atoms with E-state index in [4.69, 9.17) is 4.74 Å². The Kier molecular flexibility index (Phi) is 5.70. The minimum atomic E-state index is -1.59. The van der Waals surface area contributed by atoms with Crippen molar-refractivity contribution >= 4 is 17.5 Å². The van der Waals surface area contributed by atoms with Crippen molar-refractivity contribution in [3.8, 4) is 0 Å². The van der Waals surface area contributed by atoms with Gasteiger partial charge in [0.15, 0.2) is 12.4 Å². The lowest BCUT2D eigenvalue weighted by Crippen LogP contribution is -2.62. The second-order valence-electron chi connectivity index (χ2n) is 10.8. The number of ether oxygens (including phenoxy) is 1. The summed E-state index contributed by atoms with van der Waals surface area (Å²) < 4.78 is 5.13. The van der Waals surface area contributed by atoms with E-state index in [0.29, 0.717) is 25.7 Å². The van der Waals surface area contributed by atoms with Crippen LogP contribution in [-0.4, -0.2) is 46.1 Å². The van der Waals surface area contributed by atoms with E-state index in [1.165, 1.54) is 5.57 Å². The highest BCUT2D eigenvalue weighted by atomic mass is 16.5. The van der Waals surface area contributed by atoms with Crippen LogP contribution in [0.2, 0.25) is 0 Å². The summed E-state index contributed by atoms with van der Waals surface area (Å²) in [5.74, 6) is -0.323. The van der Waals surface area contributed by atoms with E-state index in [0.717, 1.165) is 25.7 Å². The van der Waals surface area contributed by atoms with E-state index >= 15 is 0 Å². The zero-order valence-corrected chi connectivity index (χ0v) is 19.0. The van der Waals surface area contributed by atoms with Gasteiger partial charge in [-0.25, -0.2) is 0 Å². The van der Waals surface area contributed by atoms with Gasteiger partial charge in [0.1, 0.15) is 5.60 Å². The summed E-state index contributed by atoms with van der Waals surface area (Å²) in [4.78, 5) is 36.8. The largest absolute Gasteiger partial charge is 0.458 e. The van der Waals surface area contributed by atoms with Crippen molar-refractivity contribution in [2.45, 2.75) is 90.3 Å². The zero-order chi connectivity index (χ0) is 22.6. The van der Waals surface area contributed by atoms with Gasteiger partial charge < -0.3 is 14.9 Å². The number of hydrogen-bond donors (Lipinski definition) is 2. The Morgan fingerprint density at radius 1 is 1.19 bits per heavy atom. The summed E-state index contributed by atoms with van der Waals surface area (Å²) in [6.45, 7) is 5.59. The highest BCUT2D eigenvalue weighted by Crippen LogP contribution is 2.67. The maximum atomic E-state index is 13.1. The number of fused-ring (bicyclic) bond motifs is 5. The van der Waals surface area contributed by atoms with E-state index < -0.39 is 35.5 Å². The molecule has 4 rings (SSSR count). The number of rotatable bonds is 5. The van der Waals surface area contributed by atoms with Crippen molar-refractivity contribution < 1.29 is 29.3 Å². The summed E-state index contributed by atoms with van der Waals surface area (Å²) in [7, 11) is 0. The van der Waals surface area contributed by atoms with Crippen molar-refractivity contribution in [3.63, 3.8) is 0 Å². The number of hydrogen-bond acceptors (Lipinski definition) is 6. The van der Waals surface area contributed by atoms with Crippen molar-refractivity contribution in [1.29, 1.82) is 0 Å². The number of carbonyl (C=O) groups is 3. The molecule has 0 aromatic carbocycles.